The number of rotatable bonds is 3. The molecular weight excluding hydrogens is 356 g/mol. The van der Waals surface area contributed by atoms with Crippen molar-refractivity contribution in [2.45, 2.75) is 19.3 Å². The van der Waals surface area contributed by atoms with Crippen molar-refractivity contribution in [3.63, 3.8) is 0 Å². The summed E-state index contributed by atoms with van der Waals surface area (Å²) < 4.78 is 1.01. The molecule has 1 aromatic heterocycles. The summed E-state index contributed by atoms with van der Waals surface area (Å²) in [5.41, 5.74) is 0. The highest BCUT2D eigenvalue weighted by Crippen LogP contribution is 2.25. The van der Waals surface area contributed by atoms with Crippen LogP contribution in [0.2, 0.25) is 0 Å². The third kappa shape index (κ3) is 4.44. The van der Waals surface area contributed by atoms with Crippen LogP contribution in [0.5, 0.6) is 0 Å². The topological polar surface area (TPSA) is 39.7 Å². The number of aromatic nitrogens is 1. The molecule has 6 heteroatoms. The van der Waals surface area contributed by atoms with E-state index in [1.165, 1.54) is 0 Å². The second-order valence-corrected chi connectivity index (χ2v) is 7.57. The predicted octanol–water partition coefficient (Wildman–Crippen LogP) is 2.22. The summed E-state index contributed by atoms with van der Waals surface area (Å²) in [6.07, 6.45) is 4.72. The molecule has 2 aliphatic rings. The third-order valence-electron chi connectivity index (χ3n) is 4.97. The number of pyridine rings is 1. The number of likely N-dealkylation sites (N-methyl/N-ethyl adjacent to an activating group) is 1. The van der Waals surface area contributed by atoms with Gasteiger partial charge < -0.3 is 14.7 Å². The Kier molecular flexibility index (Phi) is 5.54. The van der Waals surface area contributed by atoms with E-state index in [1.807, 2.05) is 17.2 Å². The molecule has 2 aliphatic heterocycles. The van der Waals surface area contributed by atoms with Crippen molar-refractivity contribution in [1.29, 1.82) is 0 Å². The number of hydrogen-bond acceptors (Lipinski definition) is 4. The minimum Gasteiger partial charge on any atom is -0.357 e. The fraction of sp³-hybridized carbons (Fsp3) is 0.647. The number of piperidine rings is 1. The highest BCUT2D eigenvalue weighted by Gasteiger charge is 2.25. The van der Waals surface area contributed by atoms with Crippen LogP contribution in [0.1, 0.15) is 19.3 Å². The zero-order valence-corrected chi connectivity index (χ0v) is 15.3. The van der Waals surface area contributed by atoms with Gasteiger partial charge in [0.1, 0.15) is 5.82 Å². The number of amides is 1. The maximum atomic E-state index is 12.4. The SMILES string of the molecule is CN1CCN(C(=O)CC2CCN(c3ccc(Br)cn3)CC2)CC1. The van der Waals surface area contributed by atoms with Crippen LogP contribution in [-0.2, 0) is 4.79 Å². The van der Waals surface area contributed by atoms with Gasteiger partial charge in [0.25, 0.3) is 0 Å². The van der Waals surface area contributed by atoms with Crippen LogP contribution in [0.15, 0.2) is 22.8 Å². The molecule has 23 heavy (non-hydrogen) atoms. The van der Waals surface area contributed by atoms with Crippen LogP contribution in [0.3, 0.4) is 0 Å². The molecule has 0 saturated carbocycles. The van der Waals surface area contributed by atoms with E-state index >= 15 is 0 Å². The zero-order chi connectivity index (χ0) is 16.2. The van der Waals surface area contributed by atoms with Crippen LogP contribution in [0, 0.1) is 5.92 Å². The molecule has 3 rings (SSSR count). The summed E-state index contributed by atoms with van der Waals surface area (Å²) in [6, 6.07) is 4.09. The first-order valence-corrected chi connectivity index (χ1v) is 9.24. The number of anilines is 1. The maximum absolute atomic E-state index is 12.4. The Morgan fingerprint density at radius 3 is 2.48 bits per heavy atom. The normalized spacial score (nSPS) is 20.8. The Labute approximate surface area is 146 Å². The molecule has 0 radical (unpaired) electrons. The first-order valence-electron chi connectivity index (χ1n) is 8.44. The average molecular weight is 381 g/mol. The van der Waals surface area contributed by atoms with Crippen LogP contribution in [0.25, 0.3) is 0 Å². The molecule has 3 heterocycles. The van der Waals surface area contributed by atoms with E-state index in [2.05, 4.69) is 43.8 Å². The van der Waals surface area contributed by atoms with Crippen molar-refractivity contribution in [3.8, 4) is 0 Å². The Bertz CT molecular complexity index is 520. The van der Waals surface area contributed by atoms with E-state index in [1.54, 1.807) is 0 Å². The molecule has 2 fully saturated rings. The van der Waals surface area contributed by atoms with Crippen molar-refractivity contribution in [3.05, 3.63) is 22.8 Å². The van der Waals surface area contributed by atoms with Crippen molar-refractivity contribution in [2.75, 3.05) is 51.2 Å². The highest BCUT2D eigenvalue weighted by atomic mass is 79.9. The Morgan fingerprint density at radius 1 is 1.17 bits per heavy atom. The van der Waals surface area contributed by atoms with Gasteiger partial charge in [-0.1, -0.05) is 0 Å². The minimum absolute atomic E-state index is 0.346. The van der Waals surface area contributed by atoms with Gasteiger partial charge in [-0.2, -0.15) is 0 Å². The smallest absolute Gasteiger partial charge is 0.222 e. The Balaban J connectivity index is 1.45. The van der Waals surface area contributed by atoms with E-state index in [0.29, 0.717) is 18.2 Å². The lowest BCUT2D eigenvalue weighted by Crippen LogP contribution is -2.47. The first-order chi connectivity index (χ1) is 11.1. The van der Waals surface area contributed by atoms with Crippen molar-refractivity contribution in [1.82, 2.24) is 14.8 Å². The molecule has 1 aromatic rings. The summed E-state index contributed by atoms with van der Waals surface area (Å²) in [7, 11) is 2.12. The third-order valence-corrected chi connectivity index (χ3v) is 5.44. The molecule has 0 atom stereocenters. The summed E-state index contributed by atoms with van der Waals surface area (Å²) in [5.74, 6) is 1.91. The molecule has 0 aliphatic carbocycles. The number of hydrogen-bond donors (Lipinski definition) is 0. The largest absolute Gasteiger partial charge is 0.357 e. The van der Waals surface area contributed by atoms with Gasteiger partial charge in [-0.15, -0.1) is 0 Å². The average Bonchev–Trinajstić information content (AvgIpc) is 2.57. The second-order valence-electron chi connectivity index (χ2n) is 6.65. The molecule has 0 aromatic carbocycles. The van der Waals surface area contributed by atoms with E-state index in [-0.39, 0.29) is 0 Å². The monoisotopic (exact) mass is 380 g/mol. The van der Waals surface area contributed by atoms with E-state index in [9.17, 15) is 4.79 Å². The van der Waals surface area contributed by atoms with Crippen molar-refractivity contribution in [2.24, 2.45) is 5.92 Å². The van der Waals surface area contributed by atoms with Gasteiger partial charge in [0.05, 0.1) is 0 Å². The number of piperazine rings is 1. The molecular formula is C17H25BrN4O. The number of carbonyl (C=O) groups is 1. The lowest BCUT2D eigenvalue weighted by atomic mass is 9.93. The van der Waals surface area contributed by atoms with Gasteiger partial charge in [0.2, 0.25) is 5.91 Å². The van der Waals surface area contributed by atoms with E-state index in [4.69, 9.17) is 0 Å². The lowest BCUT2D eigenvalue weighted by molar-refractivity contribution is -0.133. The van der Waals surface area contributed by atoms with Crippen molar-refractivity contribution < 1.29 is 4.79 Å². The minimum atomic E-state index is 0.346. The van der Waals surface area contributed by atoms with E-state index in [0.717, 1.165) is 62.4 Å². The molecule has 1 amide bonds. The number of halogens is 1. The summed E-state index contributed by atoms with van der Waals surface area (Å²) in [5, 5.41) is 0. The molecule has 0 unspecified atom stereocenters. The quantitative estimate of drug-likeness (QED) is 0.805. The van der Waals surface area contributed by atoms with Gasteiger partial charge >= 0.3 is 0 Å². The molecule has 0 spiro atoms. The molecule has 0 N–H and O–H groups in total. The van der Waals surface area contributed by atoms with E-state index < -0.39 is 0 Å². The molecule has 5 nitrogen and oxygen atoms in total. The number of nitrogens with zero attached hydrogens (tertiary/aromatic N) is 4. The Morgan fingerprint density at radius 2 is 1.87 bits per heavy atom. The van der Waals surface area contributed by atoms with Crippen LogP contribution >= 0.6 is 15.9 Å². The molecule has 126 valence electrons. The number of carbonyl (C=O) groups excluding carboxylic acids is 1. The van der Waals surface area contributed by atoms with Gasteiger partial charge in [0, 0.05) is 56.4 Å². The fourth-order valence-electron chi connectivity index (χ4n) is 3.35. The van der Waals surface area contributed by atoms with Crippen LogP contribution in [0.4, 0.5) is 5.82 Å². The first kappa shape index (κ1) is 16.7. The van der Waals surface area contributed by atoms with Gasteiger partial charge in [-0.3, -0.25) is 4.79 Å². The predicted molar refractivity (Wildman–Crippen MR) is 95.6 cm³/mol. The summed E-state index contributed by atoms with van der Waals surface area (Å²) in [4.78, 5) is 23.6. The highest BCUT2D eigenvalue weighted by molar-refractivity contribution is 9.10. The zero-order valence-electron chi connectivity index (χ0n) is 13.7. The fourth-order valence-corrected chi connectivity index (χ4v) is 3.59. The van der Waals surface area contributed by atoms with Gasteiger partial charge in [-0.25, -0.2) is 4.98 Å². The second kappa shape index (κ2) is 7.62. The lowest BCUT2D eigenvalue weighted by Gasteiger charge is -2.35. The molecule has 0 bridgehead atoms. The van der Waals surface area contributed by atoms with Crippen molar-refractivity contribution >= 4 is 27.7 Å². The summed E-state index contributed by atoms with van der Waals surface area (Å²) in [6.45, 7) is 5.76. The van der Waals surface area contributed by atoms with Crippen LogP contribution in [-0.4, -0.2) is 67.0 Å². The summed E-state index contributed by atoms with van der Waals surface area (Å²) >= 11 is 3.42. The Hall–Kier alpha value is -1.14. The van der Waals surface area contributed by atoms with Gasteiger partial charge in [-0.05, 0) is 53.9 Å². The molecule has 2 saturated heterocycles. The maximum Gasteiger partial charge on any atom is 0.222 e. The van der Waals surface area contributed by atoms with Gasteiger partial charge in [0.15, 0.2) is 0 Å². The standard InChI is InChI=1S/C17H25BrN4O/c1-20-8-10-22(11-9-20)17(23)12-14-4-6-21(7-5-14)16-3-2-15(18)13-19-16/h2-3,13-14H,4-12H2,1H3. The van der Waals surface area contributed by atoms with Crippen LogP contribution < -0.4 is 4.90 Å².